The predicted octanol–water partition coefficient (Wildman–Crippen LogP) is 2.06. The highest BCUT2D eigenvalue weighted by molar-refractivity contribution is 5.88. The van der Waals surface area contributed by atoms with Gasteiger partial charge in [0.15, 0.2) is 0 Å². The van der Waals surface area contributed by atoms with E-state index in [1.807, 2.05) is 0 Å². The van der Waals surface area contributed by atoms with Crippen LogP contribution in [0.15, 0.2) is 24.4 Å². The molecule has 0 saturated carbocycles. The summed E-state index contributed by atoms with van der Waals surface area (Å²) in [5.41, 5.74) is 9.89. The van der Waals surface area contributed by atoms with Crippen LogP contribution >= 0.6 is 0 Å². The highest BCUT2D eigenvalue weighted by Gasteiger charge is 2.39. The molecule has 4 rings (SSSR count). The van der Waals surface area contributed by atoms with Gasteiger partial charge in [-0.05, 0) is 37.1 Å². The number of likely N-dealkylation sites (N-methyl/N-ethyl adjacent to an activating group) is 1. The van der Waals surface area contributed by atoms with Gasteiger partial charge in [0.25, 0.3) is 0 Å². The van der Waals surface area contributed by atoms with E-state index in [2.05, 4.69) is 41.3 Å². The van der Waals surface area contributed by atoms with Crippen molar-refractivity contribution < 1.29 is 0 Å². The molecule has 0 spiro atoms. The molecule has 4 nitrogen and oxygen atoms in total. The van der Waals surface area contributed by atoms with Crippen molar-refractivity contribution in [3.63, 3.8) is 0 Å². The zero-order valence-corrected chi connectivity index (χ0v) is 11.7. The predicted molar refractivity (Wildman–Crippen MR) is 81.2 cm³/mol. The number of hydrogen-bond acceptors (Lipinski definition) is 2. The first-order valence-corrected chi connectivity index (χ1v) is 7.28. The number of rotatable bonds is 1. The molecule has 4 heteroatoms. The third-order valence-corrected chi connectivity index (χ3v) is 5.17. The fraction of sp³-hybridized carbons (Fsp3) is 0.438. The van der Waals surface area contributed by atoms with Gasteiger partial charge in [-0.25, -0.2) is 0 Å². The molecule has 1 aromatic carbocycles. The third-order valence-electron chi connectivity index (χ3n) is 5.17. The van der Waals surface area contributed by atoms with E-state index in [1.54, 1.807) is 0 Å². The first-order chi connectivity index (χ1) is 9.65. The SMILES string of the molecule is CN1CC(C(=N)N)C[C@@H]2c3cccc4[nH]cc(c34)C[C@H]21. The summed E-state index contributed by atoms with van der Waals surface area (Å²) in [7, 11) is 2.17. The highest BCUT2D eigenvalue weighted by Crippen LogP contribution is 2.44. The Kier molecular flexibility index (Phi) is 2.45. The van der Waals surface area contributed by atoms with Crippen molar-refractivity contribution in [2.24, 2.45) is 11.7 Å². The molecular formula is C16H20N4. The second kappa shape index (κ2) is 4.09. The number of likely N-dealkylation sites (tertiary alicyclic amines) is 1. The van der Waals surface area contributed by atoms with Gasteiger partial charge in [0, 0.05) is 41.5 Å². The Balaban J connectivity index is 1.85. The van der Waals surface area contributed by atoms with Crippen LogP contribution in [-0.2, 0) is 6.42 Å². The third kappa shape index (κ3) is 1.54. The fourth-order valence-corrected chi connectivity index (χ4v) is 4.17. The number of nitrogens with two attached hydrogens (primary N) is 1. The minimum Gasteiger partial charge on any atom is -0.387 e. The van der Waals surface area contributed by atoms with Crippen LogP contribution in [0, 0.1) is 11.3 Å². The van der Waals surface area contributed by atoms with E-state index in [0.717, 1.165) is 19.4 Å². The van der Waals surface area contributed by atoms with Crippen LogP contribution in [0.4, 0.5) is 0 Å². The standard InChI is InChI=1S/C16H20N4/c1-20-8-10(16(17)18)5-12-11-3-2-4-13-15(11)9(7-19-13)6-14(12)20/h2-4,7,10,12,14,19H,5-6,8H2,1H3,(H3,17,18)/t10?,12-,14-/m1/s1. The van der Waals surface area contributed by atoms with Crippen LogP contribution in [0.2, 0.25) is 0 Å². The van der Waals surface area contributed by atoms with Gasteiger partial charge < -0.3 is 15.6 Å². The molecular weight excluding hydrogens is 248 g/mol. The summed E-state index contributed by atoms with van der Waals surface area (Å²) in [6.45, 7) is 0.909. The molecule has 104 valence electrons. The van der Waals surface area contributed by atoms with E-state index in [9.17, 15) is 0 Å². The van der Waals surface area contributed by atoms with Crippen LogP contribution in [0.5, 0.6) is 0 Å². The fourth-order valence-electron chi connectivity index (χ4n) is 4.17. The van der Waals surface area contributed by atoms with Crippen molar-refractivity contribution in [3.05, 3.63) is 35.5 Å². The molecule has 2 heterocycles. The van der Waals surface area contributed by atoms with E-state index in [-0.39, 0.29) is 5.92 Å². The van der Waals surface area contributed by atoms with Crippen molar-refractivity contribution in [1.82, 2.24) is 9.88 Å². The number of nitrogens with zero attached hydrogens (tertiary/aromatic N) is 1. The van der Waals surface area contributed by atoms with E-state index in [4.69, 9.17) is 11.1 Å². The number of amidine groups is 1. The topological polar surface area (TPSA) is 68.9 Å². The van der Waals surface area contributed by atoms with Crippen LogP contribution in [0.3, 0.4) is 0 Å². The lowest BCUT2D eigenvalue weighted by atomic mass is 9.72. The smallest absolute Gasteiger partial charge is 0.0950 e. The lowest BCUT2D eigenvalue weighted by molar-refractivity contribution is 0.135. The van der Waals surface area contributed by atoms with Crippen molar-refractivity contribution in [2.75, 3.05) is 13.6 Å². The molecule has 1 aliphatic carbocycles. The quantitative estimate of drug-likeness (QED) is 0.547. The van der Waals surface area contributed by atoms with Gasteiger partial charge in [0.2, 0.25) is 0 Å². The van der Waals surface area contributed by atoms with Gasteiger partial charge >= 0.3 is 0 Å². The largest absolute Gasteiger partial charge is 0.387 e. The Morgan fingerprint density at radius 2 is 2.30 bits per heavy atom. The van der Waals surface area contributed by atoms with Gasteiger partial charge in [-0.3, -0.25) is 5.41 Å². The minimum absolute atomic E-state index is 0.192. The van der Waals surface area contributed by atoms with Crippen LogP contribution < -0.4 is 5.73 Å². The van der Waals surface area contributed by atoms with E-state index in [1.165, 1.54) is 22.0 Å². The number of benzene rings is 1. The Morgan fingerprint density at radius 3 is 3.10 bits per heavy atom. The van der Waals surface area contributed by atoms with Gasteiger partial charge in [-0.1, -0.05) is 12.1 Å². The van der Waals surface area contributed by atoms with Gasteiger partial charge in [0.1, 0.15) is 0 Å². The summed E-state index contributed by atoms with van der Waals surface area (Å²) in [6.07, 6.45) is 4.27. The summed E-state index contributed by atoms with van der Waals surface area (Å²) in [4.78, 5) is 5.79. The average molecular weight is 268 g/mol. The number of piperidine rings is 1. The number of aromatic amines is 1. The number of nitrogens with one attached hydrogen (secondary N) is 2. The number of aromatic nitrogens is 1. The molecule has 2 aliphatic rings. The van der Waals surface area contributed by atoms with Crippen molar-refractivity contribution in [1.29, 1.82) is 5.41 Å². The Labute approximate surface area is 118 Å². The lowest BCUT2D eigenvalue weighted by Gasteiger charge is -2.45. The summed E-state index contributed by atoms with van der Waals surface area (Å²) in [5.74, 6) is 1.02. The maximum Gasteiger partial charge on any atom is 0.0950 e. The van der Waals surface area contributed by atoms with Crippen LogP contribution in [0.25, 0.3) is 10.9 Å². The van der Waals surface area contributed by atoms with Gasteiger partial charge in [0.05, 0.1) is 5.84 Å². The Hall–Kier alpha value is -1.81. The highest BCUT2D eigenvalue weighted by atomic mass is 15.2. The van der Waals surface area contributed by atoms with Crippen molar-refractivity contribution in [3.8, 4) is 0 Å². The summed E-state index contributed by atoms with van der Waals surface area (Å²) >= 11 is 0. The molecule has 0 radical (unpaired) electrons. The molecule has 1 aromatic heterocycles. The second-order valence-corrected chi connectivity index (χ2v) is 6.29. The number of hydrogen-bond donors (Lipinski definition) is 3. The zero-order valence-electron chi connectivity index (χ0n) is 11.7. The number of fused-ring (bicyclic) bond motifs is 2. The minimum atomic E-state index is 0.192. The summed E-state index contributed by atoms with van der Waals surface area (Å²) in [5, 5.41) is 9.20. The summed E-state index contributed by atoms with van der Waals surface area (Å²) in [6, 6.07) is 7.09. The van der Waals surface area contributed by atoms with E-state index in [0.29, 0.717) is 17.8 Å². The Morgan fingerprint density at radius 1 is 1.45 bits per heavy atom. The molecule has 0 bridgehead atoms. The van der Waals surface area contributed by atoms with Gasteiger partial charge in [-0.15, -0.1) is 0 Å². The maximum atomic E-state index is 7.79. The molecule has 1 saturated heterocycles. The average Bonchev–Trinajstić information content (AvgIpc) is 2.84. The zero-order chi connectivity index (χ0) is 13.9. The van der Waals surface area contributed by atoms with E-state index >= 15 is 0 Å². The monoisotopic (exact) mass is 268 g/mol. The molecule has 2 aromatic rings. The molecule has 1 fully saturated rings. The molecule has 4 N–H and O–H groups in total. The molecule has 20 heavy (non-hydrogen) atoms. The molecule has 1 aliphatic heterocycles. The lowest BCUT2D eigenvalue weighted by Crippen LogP contribution is -2.50. The van der Waals surface area contributed by atoms with Crippen molar-refractivity contribution in [2.45, 2.75) is 24.8 Å². The van der Waals surface area contributed by atoms with Crippen LogP contribution in [-0.4, -0.2) is 35.4 Å². The molecule has 1 unspecified atom stereocenters. The molecule has 0 amide bonds. The van der Waals surface area contributed by atoms with Crippen LogP contribution in [0.1, 0.15) is 23.5 Å². The van der Waals surface area contributed by atoms with Gasteiger partial charge in [-0.2, -0.15) is 0 Å². The van der Waals surface area contributed by atoms with E-state index < -0.39 is 0 Å². The first-order valence-electron chi connectivity index (χ1n) is 7.28. The summed E-state index contributed by atoms with van der Waals surface area (Å²) < 4.78 is 0. The number of H-pyrrole nitrogens is 1. The van der Waals surface area contributed by atoms with Crippen molar-refractivity contribution >= 4 is 16.7 Å². The Bertz CT molecular complexity index is 687. The second-order valence-electron chi connectivity index (χ2n) is 6.29. The maximum absolute atomic E-state index is 7.79. The first kappa shape index (κ1) is 12.0. The normalized spacial score (nSPS) is 29.4. The molecule has 3 atom stereocenters.